The second kappa shape index (κ2) is 4.99. The first-order valence-corrected chi connectivity index (χ1v) is 5.84. The molecule has 1 aliphatic heterocycles. The smallest absolute Gasteiger partial charge is 0.118 e. The molecule has 1 atom stereocenters. The van der Waals surface area contributed by atoms with Gasteiger partial charge < -0.3 is 15.1 Å². The normalized spacial score (nSPS) is 22.1. The minimum absolute atomic E-state index is 0.559. The average Bonchev–Trinajstić information content (AvgIpc) is 2.87. The van der Waals surface area contributed by atoms with Gasteiger partial charge in [-0.2, -0.15) is 0 Å². The minimum atomic E-state index is 0.559. The fraction of sp³-hybridized carbons (Fsp3) is 0.667. The zero-order valence-corrected chi connectivity index (χ0v) is 10.1. The molecule has 2 N–H and O–H groups in total. The number of likely N-dealkylation sites (N-methyl/N-ethyl adjacent to an activating group) is 1. The van der Waals surface area contributed by atoms with Crippen molar-refractivity contribution in [1.82, 2.24) is 9.80 Å². The molecule has 1 aliphatic rings. The largest absolute Gasteiger partial charge is 0.468 e. The molecule has 2 rings (SSSR count). The molecular formula is C12H21N3O. The summed E-state index contributed by atoms with van der Waals surface area (Å²) in [5, 5.41) is 0. The molecule has 4 heteroatoms. The summed E-state index contributed by atoms with van der Waals surface area (Å²) >= 11 is 0. The molecule has 1 aromatic heterocycles. The summed E-state index contributed by atoms with van der Waals surface area (Å²) in [6, 6.07) is 2.74. The van der Waals surface area contributed by atoms with Crippen molar-refractivity contribution >= 4 is 0 Å². The van der Waals surface area contributed by atoms with Crippen molar-refractivity contribution in [2.24, 2.45) is 5.73 Å². The Kier molecular flexibility index (Phi) is 3.63. The summed E-state index contributed by atoms with van der Waals surface area (Å²) in [6.45, 7) is 3.75. The van der Waals surface area contributed by atoms with Gasteiger partial charge in [-0.25, -0.2) is 0 Å². The van der Waals surface area contributed by atoms with E-state index in [2.05, 4.69) is 30.0 Å². The predicted molar refractivity (Wildman–Crippen MR) is 64.0 cm³/mol. The van der Waals surface area contributed by atoms with E-state index >= 15 is 0 Å². The van der Waals surface area contributed by atoms with Gasteiger partial charge in [0.25, 0.3) is 0 Å². The van der Waals surface area contributed by atoms with Gasteiger partial charge in [0.05, 0.1) is 12.8 Å². The van der Waals surface area contributed by atoms with Gasteiger partial charge in [-0.3, -0.25) is 4.90 Å². The standard InChI is InChI=1S/C12H21N3O/c1-14(2)11-3-4-15(7-11)8-12-5-10(6-13)9-16-12/h5,9,11H,3-4,6-8,13H2,1-2H3. The summed E-state index contributed by atoms with van der Waals surface area (Å²) in [7, 11) is 4.29. The highest BCUT2D eigenvalue weighted by Crippen LogP contribution is 2.17. The van der Waals surface area contributed by atoms with Gasteiger partial charge in [-0.1, -0.05) is 0 Å². The van der Waals surface area contributed by atoms with Crippen LogP contribution in [-0.2, 0) is 13.1 Å². The van der Waals surface area contributed by atoms with Crippen LogP contribution >= 0.6 is 0 Å². The number of rotatable bonds is 4. The van der Waals surface area contributed by atoms with E-state index in [1.54, 1.807) is 6.26 Å². The van der Waals surface area contributed by atoms with Crippen LogP contribution in [-0.4, -0.2) is 43.0 Å². The molecule has 0 amide bonds. The number of likely N-dealkylation sites (tertiary alicyclic amines) is 1. The lowest BCUT2D eigenvalue weighted by Gasteiger charge is -2.19. The van der Waals surface area contributed by atoms with E-state index in [4.69, 9.17) is 10.2 Å². The Labute approximate surface area is 97.0 Å². The third kappa shape index (κ3) is 2.64. The van der Waals surface area contributed by atoms with Gasteiger partial charge in [0.1, 0.15) is 5.76 Å². The van der Waals surface area contributed by atoms with Crippen LogP contribution in [0.1, 0.15) is 17.7 Å². The molecule has 16 heavy (non-hydrogen) atoms. The molecule has 1 aromatic rings. The lowest BCUT2D eigenvalue weighted by atomic mass is 10.2. The number of hydrogen-bond donors (Lipinski definition) is 1. The monoisotopic (exact) mass is 223 g/mol. The summed E-state index contributed by atoms with van der Waals surface area (Å²) in [6.07, 6.45) is 3.01. The van der Waals surface area contributed by atoms with Crippen LogP contribution in [0, 0.1) is 0 Å². The first-order valence-electron chi connectivity index (χ1n) is 5.84. The van der Waals surface area contributed by atoms with E-state index < -0.39 is 0 Å². The quantitative estimate of drug-likeness (QED) is 0.823. The van der Waals surface area contributed by atoms with Gasteiger partial charge >= 0.3 is 0 Å². The maximum Gasteiger partial charge on any atom is 0.118 e. The molecule has 0 spiro atoms. The SMILES string of the molecule is CN(C)C1CCN(Cc2cc(CN)co2)C1. The Bertz CT molecular complexity index is 335. The van der Waals surface area contributed by atoms with Crippen LogP contribution < -0.4 is 5.73 Å². The first kappa shape index (κ1) is 11.6. The Morgan fingerprint density at radius 1 is 1.56 bits per heavy atom. The van der Waals surface area contributed by atoms with E-state index in [9.17, 15) is 0 Å². The summed E-state index contributed by atoms with van der Waals surface area (Å²) in [5.74, 6) is 1.03. The Hall–Kier alpha value is -0.840. The zero-order chi connectivity index (χ0) is 11.5. The van der Waals surface area contributed by atoms with Crippen LogP contribution in [0.15, 0.2) is 16.7 Å². The molecular weight excluding hydrogens is 202 g/mol. The van der Waals surface area contributed by atoms with E-state index in [0.29, 0.717) is 12.6 Å². The lowest BCUT2D eigenvalue weighted by molar-refractivity contribution is 0.252. The number of nitrogens with zero attached hydrogens (tertiary/aromatic N) is 2. The molecule has 0 bridgehead atoms. The van der Waals surface area contributed by atoms with E-state index in [1.165, 1.54) is 6.42 Å². The average molecular weight is 223 g/mol. The fourth-order valence-corrected chi connectivity index (χ4v) is 2.21. The Balaban J connectivity index is 1.87. The summed E-state index contributed by atoms with van der Waals surface area (Å²) in [4.78, 5) is 4.73. The van der Waals surface area contributed by atoms with E-state index in [1.807, 2.05) is 0 Å². The highest BCUT2D eigenvalue weighted by atomic mass is 16.3. The van der Waals surface area contributed by atoms with Gasteiger partial charge in [-0.05, 0) is 26.6 Å². The number of furan rings is 1. The zero-order valence-electron chi connectivity index (χ0n) is 10.1. The summed E-state index contributed by atoms with van der Waals surface area (Å²) < 4.78 is 5.48. The second-order valence-corrected chi connectivity index (χ2v) is 4.77. The topological polar surface area (TPSA) is 45.6 Å². The Morgan fingerprint density at radius 3 is 2.94 bits per heavy atom. The molecule has 90 valence electrons. The highest BCUT2D eigenvalue weighted by Gasteiger charge is 2.24. The van der Waals surface area contributed by atoms with Crippen LogP contribution in [0.25, 0.3) is 0 Å². The summed E-state index contributed by atoms with van der Waals surface area (Å²) in [5.41, 5.74) is 6.63. The van der Waals surface area contributed by atoms with Crippen LogP contribution in [0.4, 0.5) is 0 Å². The van der Waals surface area contributed by atoms with Gasteiger partial charge in [0.2, 0.25) is 0 Å². The van der Waals surface area contributed by atoms with Gasteiger partial charge in [-0.15, -0.1) is 0 Å². The maximum atomic E-state index is 5.55. The van der Waals surface area contributed by atoms with Crippen LogP contribution in [0.3, 0.4) is 0 Å². The van der Waals surface area contributed by atoms with Crippen molar-refractivity contribution < 1.29 is 4.42 Å². The predicted octanol–water partition coefficient (Wildman–Crippen LogP) is 0.874. The van der Waals surface area contributed by atoms with Crippen molar-refractivity contribution in [2.75, 3.05) is 27.2 Å². The van der Waals surface area contributed by atoms with Crippen LogP contribution in [0.2, 0.25) is 0 Å². The van der Waals surface area contributed by atoms with Gasteiger partial charge in [0.15, 0.2) is 0 Å². The van der Waals surface area contributed by atoms with Crippen molar-refractivity contribution in [3.63, 3.8) is 0 Å². The third-order valence-corrected chi connectivity index (χ3v) is 3.30. The first-order chi connectivity index (χ1) is 7.69. The minimum Gasteiger partial charge on any atom is -0.468 e. The molecule has 1 saturated heterocycles. The molecule has 1 unspecified atom stereocenters. The molecule has 2 heterocycles. The molecule has 0 aromatic carbocycles. The number of hydrogen-bond acceptors (Lipinski definition) is 4. The third-order valence-electron chi connectivity index (χ3n) is 3.30. The van der Waals surface area contributed by atoms with Crippen molar-refractivity contribution in [3.8, 4) is 0 Å². The Morgan fingerprint density at radius 2 is 2.38 bits per heavy atom. The lowest BCUT2D eigenvalue weighted by Crippen LogP contribution is -2.31. The molecule has 4 nitrogen and oxygen atoms in total. The van der Waals surface area contributed by atoms with E-state index in [0.717, 1.165) is 31.0 Å². The molecule has 0 radical (unpaired) electrons. The molecule has 0 aliphatic carbocycles. The maximum absolute atomic E-state index is 5.55. The van der Waals surface area contributed by atoms with Crippen molar-refractivity contribution in [1.29, 1.82) is 0 Å². The van der Waals surface area contributed by atoms with Crippen molar-refractivity contribution in [2.45, 2.75) is 25.6 Å². The highest BCUT2D eigenvalue weighted by molar-refractivity contribution is 5.12. The van der Waals surface area contributed by atoms with E-state index in [-0.39, 0.29) is 0 Å². The van der Waals surface area contributed by atoms with Crippen molar-refractivity contribution in [3.05, 3.63) is 23.7 Å². The van der Waals surface area contributed by atoms with Crippen LogP contribution in [0.5, 0.6) is 0 Å². The second-order valence-electron chi connectivity index (χ2n) is 4.77. The fourth-order valence-electron chi connectivity index (χ4n) is 2.21. The van der Waals surface area contributed by atoms with Gasteiger partial charge in [0, 0.05) is 31.2 Å². The molecule has 0 saturated carbocycles. The molecule has 1 fully saturated rings. The number of nitrogens with two attached hydrogens (primary N) is 1.